The van der Waals surface area contributed by atoms with Crippen molar-refractivity contribution in [3.05, 3.63) is 34.9 Å². The van der Waals surface area contributed by atoms with Crippen LogP contribution < -0.4 is 5.73 Å². The van der Waals surface area contributed by atoms with Gasteiger partial charge in [0.1, 0.15) is 6.61 Å². The van der Waals surface area contributed by atoms with E-state index in [2.05, 4.69) is 0 Å². The summed E-state index contributed by atoms with van der Waals surface area (Å²) in [4.78, 5) is 10.8. The van der Waals surface area contributed by atoms with E-state index in [1.54, 1.807) is 6.07 Å². The van der Waals surface area contributed by atoms with Gasteiger partial charge in [0.15, 0.2) is 12.1 Å². The van der Waals surface area contributed by atoms with Crippen molar-refractivity contribution < 1.29 is 14.6 Å². The molecule has 18 heavy (non-hydrogen) atoms. The number of hydrogen-bond acceptors (Lipinski definition) is 4. The van der Waals surface area contributed by atoms with E-state index in [-0.39, 0.29) is 12.4 Å². The lowest BCUT2D eigenvalue weighted by atomic mass is 9.90. The molecule has 1 atom stereocenters. The molecule has 1 aromatic carbocycles. The van der Waals surface area contributed by atoms with Gasteiger partial charge >= 0.3 is 0 Å². The van der Waals surface area contributed by atoms with Crippen molar-refractivity contribution >= 4 is 5.78 Å². The quantitative estimate of drug-likeness (QED) is 0.782. The lowest BCUT2D eigenvalue weighted by Gasteiger charge is -2.23. The molecule has 1 aromatic rings. The fraction of sp³-hybridized carbons (Fsp3) is 0.500. The zero-order chi connectivity index (χ0) is 13.9. The van der Waals surface area contributed by atoms with Crippen molar-refractivity contribution in [2.45, 2.75) is 39.5 Å². The van der Waals surface area contributed by atoms with Gasteiger partial charge in [-0.05, 0) is 38.8 Å². The van der Waals surface area contributed by atoms with E-state index in [0.717, 1.165) is 11.1 Å². The Bertz CT molecular complexity index is 435. The number of aryl methyl sites for hydroxylation is 1. The molecule has 0 aromatic heterocycles. The summed E-state index contributed by atoms with van der Waals surface area (Å²) in [6.07, 6.45) is -1.08. The molecule has 0 heterocycles. The maximum absolute atomic E-state index is 10.8. The summed E-state index contributed by atoms with van der Waals surface area (Å²) in [6.45, 7) is 7.11. The zero-order valence-corrected chi connectivity index (χ0v) is 11.4. The van der Waals surface area contributed by atoms with Crippen molar-refractivity contribution in [1.29, 1.82) is 0 Å². The van der Waals surface area contributed by atoms with Crippen LogP contribution in [0.3, 0.4) is 0 Å². The Morgan fingerprint density at radius 2 is 2.11 bits per heavy atom. The first-order chi connectivity index (χ1) is 8.21. The number of aliphatic hydroxyl groups excluding tert-OH is 1. The topological polar surface area (TPSA) is 72.5 Å². The minimum atomic E-state index is -1.08. The van der Waals surface area contributed by atoms with E-state index < -0.39 is 11.8 Å². The minimum Gasteiger partial charge on any atom is -0.364 e. The van der Waals surface area contributed by atoms with Gasteiger partial charge < -0.3 is 15.6 Å². The van der Waals surface area contributed by atoms with Gasteiger partial charge in [-0.1, -0.05) is 18.2 Å². The van der Waals surface area contributed by atoms with Gasteiger partial charge in [0.2, 0.25) is 0 Å². The lowest BCUT2D eigenvalue weighted by molar-refractivity contribution is -0.138. The van der Waals surface area contributed by atoms with Crippen LogP contribution in [0.2, 0.25) is 0 Å². The Labute approximate surface area is 108 Å². The molecule has 3 N–H and O–H groups in total. The van der Waals surface area contributed by atoms with E-state index >= 15 is 0 Å². The van der Waals surface area contributed by atoms with E-state index in [4.69, 9.17) is 10.5 Å². The number of Topliss-reactive ketones (excluding diaryl/α,β-unsaturated/α-hetero) is 1. The predicted molar refractivity (Wildman–Crippen MR) is 70.0 cm³/mol. The molecule has 1 rings (SSSR count). The maximum Gasteiger partial charge on any atom is 0.181 e. The molecule has 0 radical (unpaired) electrons. The predicted octanol–water partition coefficient (Wildman–Crippen LogP) is 1.79. The summed E-state index contributed by atoms with van der Waals surface area (Å²) in [5, 5.41) is 9.78. The average molecular weight is 251 g/mol. The van der Waals surface area contributed by atoms with Crippen LogP contribution in [0, 0.1) is 6.92 Å². The molecule has 0 fully saturated rings. The highest BCUT2D eigenvalue weighted by Crippen LogP contribution is 2.24. The zero-order valence-electron chi connectivity index (χ0n) is 11.4. The summed E-state index contributed by atoms with van der Waals surface area (Å²) in [7, 11) is 0. The standard InChI is InChI=1S/C14H21NO3/c1-9-7-11(13(17)18-8-10(2)16)5-6-12(9)14(3,4)15/h5-7,13,17H,8,15H2,1-4H3. The number of carbonyl (C=O) groups excluding carboxylic acids is 1. The second kappa shape index (κ2) is 5.61. The number of aliphatic hydroxyl groups is 1. The van der Waals surface area contributed by atoms with Crippen molar-refractivity contribution in [2.24, 2.45) is 5.73 Å². The van der Waals surface area contributed by atoms with Crippen molar-refractivity contribution in [3.63, 3.8) is 0 Å². The van der Waals surface area contributed by atoms with E-state index in [1.165, 1.54) is 6.92 Å². The van der Waals surface area contributed by atoms with Crippen LogP contribution >= 0.6 is 0 Å². The van der Waals surface area contributed by atoms with Gasteiger partial charge in [-0.25, -0.2) is 0 Å². The van der Waals surface area contributed by atoms with E-state index in [1.807, 2.05) is 32.9 Å². The second-order valence-electron chi connectivity index (χ2n) is 5.16. The summed E-state index contributed by atoms with van der Waals surface area (Å²) in [6, 6.07) is 5.47. The van der Waals surface area contributed by atoms with Gasteiger partial charge in [-0.15, -0.1) is 0 Å². The molecule has 0 aliphatic heterocycles. The summed E-state index contributed by atoms with van der Waals surface area (Å²) in [5.41, 5.74) is 8.26. The van der Waals surface area contributed by atoms with Crippen LogP contribution in [-0.2, 0) is 15.1 Å². The largest absolute Gasteiger partial charge is 0.364 e. The maximum atomic E-state index is 10.8. The fourth-order valence-electron chi connectivity index (χ4n) is 1.86. The van der Waals surface area contributed by atoms with Crippen LogP contribution in [-0.4, -0.2) is 17.5 Å². The molecule has 0 spiro atoms. The molecule has 0 aliphatic carbocycles. The summed E-state index contributed by atoms with van der Waals surface area (Å²) >= 11 is 0. The van der Waals surface area contributed by atoms with E-state index in [0.29, 0.717) is 5.56 Å². The highest BCUT2D eigenvalue weighted by Gasteiger charge is 2.18. The molecule has 0 aliphatic rings. The number of nitrogens with two attached hydrogens (primary N) is 1. The first-order valence-corrected chi connectivity index (χ1v) is 5.91. The molecule has 4 nitrogen and oxygen atoms in total. The Morgan fingerprint density at radius 3 is 2.56 bits per heavy atom. The van der Waals surface area contributed by atoms with Crippen LogP contribution in [0.1, 0.15) is 43.8 Å². The Morgan fingerprint density at radius 1 is 1.50 bits per heavy atom. The fourth-order valence-corrected chi connectivity index (χ4v) is 1.86. The lowest BCUT2D eigenvalue weighted by Crippen LogP contribution is -2.29. The molecule has 100 valence electrons. The number of carbonyl (C=O) groups is 1. The highest BCUT2D eigenvalue weighted by molar-refractivity contribution is 5.76. The number of ether oxygens (including phenoxy) is 1. The van der Waals surface area contributed by atoms with Crippen molar-refractivity contribution in [2.75, 3.05) is 6.61 Å². The SMILES string of the molecule is CC(=O)COC(O)c1ccc(C(C)(C)N)c(C)c1. The Balaban J connectivity index is 2.87. The van der Waals surface area contributed by atoms with Crippen molar-refractivity contribution in [1.82, 2.24) is 0 Å². The second-order valence-corrected chi connectivity index (χ2v) is 5.16. The molecule has 0 saturated carbocycles. The first-order valence-electron chi connectivity index (χ1n) is 5.91. The van der Waals surface area contributed by atoms with Gasteiger partial charge in [0.25, 0.3) is 0 Å². The number of rotatable bonds is 5. The van der Waals surface area contributed by atoms with Gasteiger partial charge in [-0.3, -0.25) is 4.79 Å². The van der Waals surface area contributed by atoms with Crippen LogP contribution in [0.5, 0.6) is 0 Å². The summed E-state index contributed by atoms with van der Waals surface area (Å²) < 4.78 is 5.04. The third-order valence-corrected chi connectivity index (χ3v) is 2.67. The third kappa shape index (κ3) is 3.91. The molecule has 0 amide bonds. The minimum absolute atomic E-state index is 0.0929. The van der Waals surface area contributed by atoms with Crippen LogP contribution in [0.15, 0.2) is 18.2 Å². The molecule has 4 heteroatoms. The Hall–Kier alpha value is -1.23. The summed E-state index contributed by atoms with van der Waals surface area (Å²) in [5.74, 6) is -0.120. The molecule has 1 unspecified atom stereocenters. The first kappa shape index (κ1) is 14.8. The van der Waals surface area contributed by atoms with Crippen LogP contribution in [0.25, 0.3) is 0 Å². The normalized spacial score (nSPS) is 13.4. The number of ketones is 1. The van der Waals surface area contributed by atoms with Crippen molar-refractivity contribution in [3.8, 4) is 0 Å². The Kier molecular flexibility index (Phi) is 4.62. The monoisotopic (exact) mass is 251 g/mol. The number of benzene rings is 1. The smallest absolute Gasteiger partial charge is 0.181 e. The van der Waals surface area contributed by atoms with Gasteiger partial charge in [0, 0.05) is 11.1 Å². The number of hydrogen-bond donors (Lipinski definition) is 2. The molecule has 0 bridgehead atoms. The third-order valence-electron chi connectivity index (χ3n) is 2.67. The van der Waals surface area contributed by atoms with Crippen LogP contribution in [0.4, 0.5) is 0 Å². The van der Waals surface area contributed by atoms with Gasteiger partial charge in [-0.2, -0.15) is 0 Å². The molecular weight excluding hydrogens is 230 g/mol. The molecular formula is C14H21NO3. The average Bonchev–Trinajstić information content (AvgIpc) is 2.23. The van der Waals surface area contributed by atoms with Gasteiger partial charge in [0.05, 0.1) is 0 Å². The van der Waals surface area contributed by atoms with E-state index in [9.17, 15) is 9.90 Å². The molecule has 0 saturated heterocycles. The highest BCUT2D eigenvalue weighted by atomic mass is 16.6.